The van der Waals surface area contributed by atoms with Crippen LogP contribution in [0.25, 0.3) is 0 Å². The smallest absolute Gasteiger partial charge is 0.271 e. The van der Waals surface area contributed by atoms with Crippen LogP contribution in [0.1, 0.15) is 41.3 Å². The molecule has 0 aliphatic rings. The van der Waals surface area contributed by atoms with Gasteiger partial charge in [-0.1, -0.05) is 13.0 Å². The lowest BCUT2D eigenvalue weighted by atomic mass is 10.1. The van der Waals surface area contributed by atoms with E-state index in [0.717, 1.165) is 17.8 Å². The number of aryl methyl sites for hydroxylation is 1. The molecule has 0 unspecified atom stereocenters. The molecular formula is C13H16N4OS. The molecular weight excluding hydrogens is 260 g/mol. The van der Waals surface area contributed by atoms with Gasteiger partial charge in [0.2, 0.25) is 0 Å². The fourth-order valence-corrected chi connectivity index (χ4v) is 2.31. The van der Waals surface area contributed by atoms with Gasteiger partial charge in [-0.2, -0.15) is 0 Å². The molecule has 1 atom stereocenters. The first kappa shape index (κ1) is 13.5. The van der Waals surface area contributed by atoms with Gasteiger partial charge in [0.25, 0.3) is 5.91 Å². The minimum absolute atomic E-state index is 0.115. The highest BCUT2D eigenvalue weighted by atomic mass is 32.1. The van der Waals surface area contributed by atoms with E-state index in [1.54, 1.807) is 5.38 Å². The molecule has 2 aromatic rings. The number of nitrogens with two attached hydrogens (primary N) is 1. The number of amides is 1. The molecule has 0 aromatic carbocycles. The molecule has 0 saturated carbocycles. The van der Waals surface area contributed by atoms with E-state index in [2.05, 4.69) is 15.3 Å². The second-order valence-electron chi connectivity index (χ2n) is 4.21. The second kappa shape index (κ2) is 5.79. The maximum atomic E-state index is 12.0. The van der Waals surface area contributed by atoms with Gasteiger partial charge < -0.3 is 11.1 Å². The van der Waals surface area contributed by atoms with Crippen molar-refractivity contribution in [3.05, 3.63) is 40.7 Å². The number of thiazole rings is 1. The summed E-state index contributed by atoms with van der Waals surface area (Å²) in [6, 6.07) is 5.67. The Kier molecular flexibility index (Phi) is 4.11. The fourth-order valence-electron chi connectivity index (χ4n) is 1.77. The fraction of sp³-hybridized carbons (Fsp3) is 0.308. The third-order valence-electron chi connectivity index (χ3n) is 2.74. The standard InChI is InChI=1S/C13H16N4OS/c1-3-9(10-6-4-5-8(2)15-10)16-12(18)11-7-19-13(14)17-11/h4-7,9H,3H2,1-2H3,(H2,14,17)(H,16,18)/t9-/m0/s1. The van der Waals surface area contributed by atoms with Crippen LogP contribution in [0.5, 0.6) is 0 Å². The lowest BCUT2D eigenvalue weighted by molar-refractivity contribution is 0.0930. The van der Waals surface area contributed by atoms with Crippen LogP contribution in [0.3, 0.4) is 0 Å². The molecule has 0 aliphatic heterocycles. The van der Waals surface area contributed by atoms with Gasteiger partial charge in [0, 0.05) is 11.1 Å². The number of nitrogens with one attached hydrogen (secondary N) is 1. The van der Waals surface area contributed by atoms with E-state index in [9.17, 15) is 4.79 Å². The lowest BCUT2D eigenvalue weighted by Gasteiger charge is -2.16. The van der Waals surface area contributed by atoms with Crippen molar-refractivity contribution in [2.45, 2.75) is 26.3 Å². The average Bonchev–Trinajstić information content (AvgIpc) is 2.82. The Morgan fingerprint density at radius 3 is 2.84 bits per heavy atom. The normalized spacial score (nSPS) is 12.1. The third-order valence-corrected chi connectivity index (χ3v) is 3.41. The molecule has 2 aromatic heterocycles. The largest absolute Gasteiger partial charge is 0.375 e. The predicted octanol–water partition coefficient (Wildman–Crippen LogP) is 2.31. The van der Waals surface area contributed by atoms with Crippen LogP contribution in [0.4, 0.5) is 5.13 Å². The molecule has 3 N–H and O–H groups in total. The number of hydrogen-bond acceptors (Lipinski definition) is 5. The number of anilines is 1. The van der Waals surface area contributed by atoms with Crippen LogP contribution in [-0.4, -0.2) is 15.9 Å². The summed E-state index contributed by atoms with van der Waals surface area (Å²) in [5, 5.41) is 4.98. The van der Waals surface area contributed by atoms with Crippen molar-refractivity contribution in [1.29, 1.82) is 0 Å². The van der Waals surface area contributed by atoms with Crippen molar-refractivity contribution in [3.63, 3.8) is 0 Å². The van der Waals surface area contributed by atoms with E-state index in [1.165, 1.54) is 11.3 Å². The van der Waals surface area contributed by atoms with Crippen molar-refractivity contribution < 1.29 is 4.79 Å². The number of carbonyl (C=O) groups excluding carboxylic acids is 1. The average molecular weight is 276 g/mol. The molecule has 0 bridgehead atoms. The number of aromatic nitrogens is 2. The predicted molar refractivity (Wildman–Crippen MR) is 76.0 cm³/mol. The van der Waals surface area contributed by atoms with Gasteiger partial charge >= 0.3 is 0 Å². The highest BCUT2D eigenvalue weighted by Crippen LogP contribution is 2.17. The van der Waals surface area contributed by atoms with Gasteiger partial charge in [0.15, 0.2) is 5.13 Å². The van der Waals surface area contributed by atoms with E-state index in [4.69, 9.17) is 5.73 Å². The van der Waals surface area contributed by atoms with Crippen LogP contribution in [0, 0.1) is 6.92 Å². The Morgan fingerprint density at radius 2 is 2.26 bits per heavy atom. The molecule has 2 rings (SSSR count). The van der Waals surface area contributed by atoms with Gasteiger partial charge in [-0.15, -0.1) is 11.3 Å². The number of rotatable bonds is 4. The molecule has 0 spiro atoms. The monoisotopic (exact) mass is 276 g/mol. The first-order valence-corrected chi connectivity index (χ1v) is 6.93. The van der Waals surface area contributed by atoms with Crippen LogP contribution >= 0.6 is 11.3 Å². The van der Waals surface area contributed by atoms with Crippen molar-refractivity contribution >= 4 is 22.4 Å². The quantitative estimate of drug-likeness (QED) is 0.898. The zero-order valence-corrected chi connectivity index (χ0v) is 11.7. The Morgan fingerprint density at radius 1 is 1.47 bits per heavy atom. The zero-order valence-electron chi connectivity index (χ0n) is 10.9. The number of carbonyl (C=O) groups is 1. The summed E-state index contributed by atoms with van der Waals surface area (Å²) in [5.41, 5.74) is 7.67. The molecule has 0 saturated heterocycles. The van der Waals surface area contributed by atoms with E-state index in [1.807, 2.05) is 32.0 Å². The van der Waals surface area contributed by atoms with Gasteiger partial charge in [-0.05, 0) is 25.5 Å². The third kappa shape index (κ3) is 3.29. The first-order valence-electron chi connectivity index (χ1n) is 6.05. The molecule has 19 heavy (non-hydrogen) atoms. The van der Waals surface area contributed by atoms with Gasteiger partial charge in [0.05, 0.1) is 11.7 Å². The van der Waals surface area contributed by atoms with E-state index >= 15 is 0 Å². The number of nitrogens with zero attached hydrogens (tertiary/aromatic N) is 2. The maximum Gasteiger partial charge on any atom is 0.271 e. The Hall–Kier alpha value is -1.95. The second-order valence-corrected chi connectivity index (χ2v) is 5.10. The van der Waals surface area contributed by atoms with Crippen molar-refractivity contribution in [1.82, 2.24) is 15.3 Å². The Bertz CT molecular complexity index is 582. The summed E-state index contributed by atoms with van der Waals surface area (Å²) in [5.74, 6) is -0.219. The molecule has 1 amide bonds. The summed E-state index contributed by atoms with van der Waals surface area (Å²) in [6.07, 6.45) is 0.766. The molecule has 100 valence electrons. The molecule has 2 heterocycles. The van der Waals surface area contributed by atoms with E-state index in [0.29, 0.717) is 10.8 Å². The maximum absolute atomic E-state index is 12.0. The van der Waals surface area contributed by atoms with Crippen LogP contribution in [0.15, 0.2) is 23.6 Å². The molecule has 6 heteroatoms. The molecule has 0 aliphatic carbocycles. The topological polar surface area (TPSA) is 80.9 Å². The van der Waals surface area contributed by atoms with Gasteiger partial charge in [0.1, 0.15) is 5.69 Å². The van der Waals surface area contributed by atoms with Crippen molar-refractivity contribution in [2.24, 2.45) is 0 Å². The Balaban J connectivity index is 2.13. The molecule has 5 nitrogen and oxygen atoms in total. The van der Waals surface area contributed by atoms with Crippen molar-refractivity contribution in [2.75, 3.05) is 5.73 Å². The van der Waals surface area contributed by atoms with Gasteiger partial charge in [-0.3, -0.25) is 9.78 Å². The first-order chi connectivity index (χ1) is 9.10. The number of pyridine rings is 1. The van der Waals surface area contributed by atoms with Crippen LogP contribution in [0.2, 0.25) is 0 Å². The van der Waals surface area contributed by atoms with E-state index < -0.39 is 0 Å². The van der Waals surface area contributed by atoms with Crippen LogP contribution < -0.4 is 11.1 Å². The number of hydrogen-bond donors (Lipinski definition) is 2. The van der Waals surface area contributed by atoms with E-state index in [-0.39, 0.29) is 11.9 Å². The minimum atomic E-state index is -0.219. The SMILES string of the molecule is CC[C@H](NC(=O)c1csc(N)n1)c1cccc(C)n1. The zero-order chi connectivity index (χ0) is 13.8. The lowest BCUT2D eigenvalue weighted by Crippen LogP contribution is -2.29. The highest BCUT2D eigenvalue weighted by Gasteiger charge is 2.17. The van der Waals surface area contributed by atoms with Crippen molar-refractivity contribution in [3.8, 4) is 0 Å². The summed E-state index contributed by atoms with van der Waals surface area (Å²) >= 11 is 1.26. The number of nitrogen functional groups attached to an aromatic ring is 1. The minimum Gasteiger partial charge on any atom is -0.375 e. The van der Waals surface area contributed by atoms with Gasteiger partial charge in [-0.25, -0.2) is 4.98 Å². The van der Waals surface area contributed by atoms with Crippen LogP contribution in [-0.2, 0) is 0 Å². The molecule has 0 fully saturated rings. The molecule has 0 radical (unpaired) electrons. The summed E-state index contributed by atoms with van der Waals surface area (Å²) in [4.78, 5) is 20.4. The summed E-state index contributed by atoms with van der Waals surface area (Å²) in [7, 11) is 0. The summed E-state index contributed by atoms with van der Waals surface area (Å²) in [6.45, 7) is 3.93. The Labute approximate surface area is 115 Å². The highest BCUT2D eigenvalue weighted by molar-refractivity contribution is 7.13. The summed E-state index contributed by atoms with van der Waals surface area (Å²) < 4.78 is 0.